The predicted molar refractivity (Wildman–Crippen MR) is 125 cm³/mol. The average Bonchev–Trinajstić information content (AvgIpc) is 3.03. The Hall–Kier alpha value is -1.00. The van der Waals surface area contributed by atoms with Crippen LogP contribution < -0.4 is 5.45 Å². The Morgan fingerprint density at radius 1 is 1.17 bits per heavy atom. The molecule has 1 aromatic carbocycles. The third-order valence-electron chi connectivity index (χ3n) is 6.03. The van der Waals surface area contributed by atoms with E-state index in [9.17, 15) is 13.5 Å². The normalized spacial score (nSPS) is 15.6. The number of benzene rings is 1. The van der Waals surface area contributed by atoms with Crippen molar-refractivity contribution in [3.05, 3.63) is 45.7 Å². The molecule has 2 rings (SSSR count). The molecule has 29 heavy (non-hydrogen) atoms. The zero-order chi connectivity index (χ0) is 22.6. The lowest BCUT2D eigenvalue weighted by molar-refractivity contribution is 0.0971. The van der Waals surface area contributed by atoms with Crippen LogP contribution in [0.15, 0.2) is 28.9 Å². The Labute approximate surface area is 184 Å². The van der Waals surface area contributed by atoms with Crippen molar-refractivity contribution in [3.8, 4) is 0 Å². The Balaban J connectivity index is 2.84. The first-order chi connectivity index (χ1) is 13.0. The van der Waals surface area contributed by atoms with Gasteiger partial charge in [0.05, 0.1) is 5.69 Å². The molecule has 0 aliphatic heterocycles. The first-order valence-corrected chi connectivity index (χ1v) is 14.7. The lowest BCUT2D eigenvalue weighted by atomic mass is 9.92. The number of aliphatic hydroxyl groups is 1. The van der Waals surface area contributed by atoms with Crippen molar-refractivity contribution >= 4 is 39.7 Å². The molecule has 1 N–H and O–H groups in total. The molecule has 0 spiro atoms. The molecule has 0 fully saturated rings. The molecule has 1 aromatic heterocycles. The van der Waals surface area contributed by atoms with Crippen LogP contribution in [-0.4, -0.2) is 49.0 Å². The molecular weight excluding hydrogens is 470 g/mol. The first kappa shape index (κ1) is 24.3. The number of rotatable bonds is 5. The number of hydrogen-bond donors (Lipinski definition) is 1. The number of aromatic nitrogens is 2. The summed E-state index contributed by atoms with van der Waals surface area (Å²) in [4.78, 5) is 4.76. The summed E-state index contributed by atoms with van der Waals surface area (Å²) < 4.78 is 29.4. The molecule has 0 amide bonds. The number of nitrogens with zero attached hydrogens (tertiary/aromatic N) is 3. The van der Waals surface area contributed by atoms with Gasteiger partial charge in [0, 0.05) is 30.3 Å². The molecule has 0 aliphatic rings. The van der Waals surface area contributed by atoms with Crippen molar-refractivity contribution in [2.75, 3.05) is 14.1 Å². The van der Waals surface area contributed by atoms with Gasteiger partial charge in [-0.15, -0.1) is 0 Å². The van der Waals surface area contributed by atoms with Gasteiger partial charge in [-0.25, -0.2) is 8.96 Å². The molecule has 162 valence electrons. The van der Waals surface area contributed by atoms with E-state index in [0.29, 0.717) is 16.7 Å². The highest BCUT2D eigenvalue weighted by atomic mass is 79.9. The number of halogens is 1. The zero-order valence-electron chi connectivity index (χ0n) is 18.7. The summed E-state index contributed by atoms with van der Waals surface area (Å²) in [6.45, 7) is 14.1. The van der Waals surface area contributed by atoms with Gasteiger partial charge in [0.2, 0.25) is 0 Å². The van der Waals surface area contributed by atoms with E-state index in [2.05, 4.69) is 49.8 Å². The van der Waals surface area contributed by atoms with Crippen LogP contribution in [0.5, 0.6) is 0 Å². The van der Waals surface area contributed by atoms with Crippen LogP contribution in [0.4, 0.5) is 0 Å². The molecule has 6 nitrogen and oxygen atoms in total. The van der Waals surface area contributed by atoms with Gasteiger partial charge in [0.15, 0.2) is 0 Å². The quantitative estimate of drug-likeness (QED) is 0.635. The van der Waals surface area contributed by atoms with Gasteiger partial charge < -0.3 is 5.11 Å². The van der Waals surface area contributed by atoms with Crippen LogP contribution in [0.3, 0.4) is 0 Å². The van der Waals surface area contributed by atoms with Crippen LogP contribution in [0.2, 0.25) is 18.1 Å². The van der Waals surface area contributed by atoms with E-state index in [1.165, 1.54) is 28.6 Å². The average molecular weight is 503 g/mol. The summed E-state index contributed by atoms with van der Waals surface area (Å²) in [5.41, 5.74) is 1.00. The summed E-state index contributed by atoms with van der Waals surface area (Å²) in [5, 5.41) is 11.3. The van der Waals surface area contributed by atoms with E-state index in [-0.39, 0.29) is 5.04 Å². The molecule has 1 atom stereocenters. The molecule has 0 saturated heterocycles. The van der Waals surface area contributed by atoms with Gasteiger partial charge in [-0.2, -0.15) is 12.7 Å². The molecule has 2 aromatic rings. The van der Waals surface area contributed by atoms with Crippen LogP contribution in [-0.2, 0) is 15.8 Å². The minimum Gasteiger partial charge on any atom is -0.379 e. The molecule has 0 radical (unpaired) electrons. The lowest BCUT2D eigenvalue weighted by Crippen LogP contribution is -2.56. The van der Waals surface area contributed by atoms with Crippen LogP contribution >= 0.6 is 15.9 Å². The summed E-state index contributed by atoms with van der Waals surface area (Å²) in [5.74, 6) is 0. The number of aryl methyl sites for hydroxylation is 1. The number of hydrogen-bond acceptors (Lipinski definition) is 4. The van der Waals surface area contributed by atoms with Gasteiger partial charge in [0.25, 0.3) is 0 Å². The van der Waals surface area contributed by atoms with E-state index < -0.39 is 23.9 Å². The fourth-order valence-corrected chi connectivity index (χ4v) is 7.07. The van der Waals surface area contributed by atoms with Crippen molar-refractivity contribution in [2.24, 2.45) is 0 Å². The number of imidazole rings is 1. The SMILES string of the molecule is Cc1cccc(C(C)(O)c2cn(S(=O)(=O)N(C)C)c([Si](C)(C)C(C)(C)C)n2)c1Br. The maximum Gasteiger partial charge on any atom is 0.308 e. The zero-order valence-corrected chi connectivity index (χ0v) is 22.1. The van der Waals surface area contributed by atoms with Crippen LogP contribution in [0, 0.1) is 6.92 Å². The highest BCUT2D eigenvalue weighted by Crippen LogP contribution is 2.38. The van der Waals surface area contributed by atoms with Gasteiger partial charge in [-0.1, -0.05) is 68.0 Å². The Bertz CT molecular complexity index is 1020. The van der Waals surface area contributed by atoms with E-state index in [1.807, 2.05) is 25.1 Å². The standard InChI is InChI=1S/C20H32BrN3O3SSi/c1-14-11-10-12-15(17(14)21)20(5,25)16-13-24(28(26,27)23(6)7)18(22-16)29(8,9)19(2,3)4/h10-13,25H,1-9H3. The van der Waals surface area contributed by atoms with Crippen molar-refractivity contribution < 1.29 is 13.5 Å². The first-order valence-electron chi connectivity index (χ1n) is 9.47. The molecule has 0 aliphatic carbocycles. The molecule has 0 saturated carbocycles. The van der Waals surface area contributed by atoms with E-state index in [4.69, 9.17) is 4.98 Å². The maximum absolute atomic E-state index is 13.1. The molecule has 1 heterocycles. The highest BCUT2D eigenvalue weighted by molar-refractivity contribution is 9.10. The van der Waals surface area contributed by atoms with Crippen LogP contribution in [0.1, 0.15) is 44.5 Å². The molecular formula is C20H32BrN3O3SSi. The molecule has 0 bridgehead atoms. The van der Waals surface area contributed by atoms with Crippen molar-refractivity contribution in [1.82, 2.24) is 13.3 Å². The van der Waals surface area contributed by atoms with Crippen molar-refractivity contribution in [3.63, 3.8) is 0 Å². The second-order valence-electron chi connectivity index (χ2n) is 9.42. The minimum absolute atomic E-state index is 0.134. The van der Waals surface area contributed by atoms with Crippen LogP contribution in [0.25, 0.3) is 0 Å². The second-order valence-corrected chi connectivity index (χ2v) is 17.4. The van der Waals surface area contributed by atoms with Gasteiger partial charge >= 0.3 is 10.2 Å². The topological polar surface area (TPSA) is 75.4 Å². The van der Waals surface area contributed by atoms with E-state index in [0.717, 1.165) is 10.0 Å². The van der Waals surface area contributed by atoms with Gasteiger partial charge in [-0.05, 0) is 24.4 Å². The van der Waals surface area contributed by atoms with Gasteiger partial charge in [-0.3, -0.25) is 0 Å². The van der Waals surface area contributed by atoms with Gasteiger partial charge in [0.1, 0.15) is 19.1 Å². The Kier molecular flexibility index (Phi) is 6.36. The minimum atomic E-state index is -3.79. The second kappa shape index (κ2) is 7.60. The Morgan fingerprint density at radius 2 is 1.72 bits per heavy atom. The summed E-state index contributed by atoms with van der Waals surface area (Å²) in [6.07, 6.45) is 1.47. The van der Waals surface area contributed by atoms with E-state index >= 15 is 0 Å². The third-order valence-corrected chi connectivity index (χ3v) is 14.2. The highest BCUT2D eigenvalue weighted by Gasteiger charge is 2.45. The fourth-order valence-electron chi connectivity index (χ4n) is 2.86. The smallest absolute Gasteiger partial charge is 0.308 e. The fraction of sp³-hybridized carbons (Fsp3) is 0.550. The summed E-state index contributed by atoms with van der Waals surface area (Å²) >= 11 is 3.56. The van der Waals surface area contributed by atoms with Crippen molar-refractivity contribution in [1.29, 1.82) is 0 Å². The maximum atomic E-state index is 13.1. The third kappa shape index (κ3) is 4.12. The monoisotopic (exact) mass is 501 g/mol. The Morgan fingerprint density at radius 3 is 2.21 bits per heavy atom. The molecule has 1 unspecified atom stereocenters. The summed E-state index contributed by atoms with van der Waals surface area (Å²) in [6, 6.07) is 5.63. The predicted octanol–water partition coefficient (Wildman–Crippen LogP) is 3.58. The summed E-state index contributed by atoms with van der Waals surface area (Å²) in [7, 11) is -3.13. The molecule has 9 heteroatoms. The van der Waals surface area contributed by atoms with E-state index in [1.54, 1.807) is 6.92 Å². The lowest BCUT2D eigenvalue weighted by Gasteiger charge is -2.36. The largest absolute Gasteiger partial charge is 0.379 e. The van der Waals surface area contributed by atoms with Crippen molar-refractivity contribution in [2.45, 2.75) is 58.4 Å².